The summed E-state index contributed by atoms with van der Waals surface area (Å²) in [5.74, 6) is -1.39. The first-order chi connectivity index (χ1) is 8.44. The van der Waals surface area contributed by atoms with Crippen LogP contribution in [0.1, 0.15) is 36.5 Å². The summed E-state index contributed by atoms with van der Waals surface area (Å²) in [5.41, 5.74) is 0.232. The number of ketones is 1. The fraction of sp³-hybridized carbons (Fsp3) is 0.462. The minimum Gasteiger partial charge on any atom is -0.293 e. The van der Waals surface area contributed by atoms with Crippen molar-refractivity contribution in [3.63, 3.8) is 0 Å². The summed E-state index contributed by atoms with van der Waals surface area (Å²) in [4.78, 5) is 11.7. The van der Waals surface area contributed by atoms with Gasteiger partial charge in [-0.1, -0.05) is 19.8 Å². The Kier molecular flexibility index (Phi) is 5.47. The summed E-state index contributed by atoms with van der Waals surface area (Å²) in [6.07, 6.45) is 2.35. The van der Waals surface area contributed by atoms with Gasteiger partial charge in [-0.3, -0.25) is 4.79 Å². The molecule has 18 heavy (non-hydrogen) atoms. The summed E-state index contributed by atoms with van der Waals surface area (Å²) in [6.45, 7) is 1.98. The van der Waals surface area contributed by atoms with Crippen LogP contribution in [0.4, 0.5) is 4.39 Å². The maximum Gasteiger partial charge on any atom is 0.177 e. The number of Topliss-reactive ketones (excluding diaryl/α,β-unsaturated/α-hetero) is 1. The first-order valence-electron chi connectivity index (χ1n) is 5.94. The van der Waals surface area contributed by atoms with Gasteiger partial charge in [0.15, 0.2) is 15.6 Å². The first kappa shape index (κ1) is 14.8. The molecule has 1 aromatic carbocycles. The van der Waals surface area contributed by atoms with Crippen molar-refractivity contribution in [1.82, 2.24) is 0 Å². The van der Waals surface area contributed by atoms with Gasteiger partial charge in [0.05, 0.1) is 5.75 Å². The molecule has 0 spiro atoms. The lowest BCUT2D eigenvalue weighted by Gasteiger charge is -2.03. The van der Waals surface area contributed by atoms with Crippen LogP contribution < -0.4 is 0 Å². The van der Waals surface area contributed by atoms with Crippen molar-refractivity contribution < 1.29 is 17.6 Å². The van der Waals surface area contributed by atoms with Gasteiger partial charge in [0.25, 0.3) is 0 Å². The van der Waals surface area contributed by atoms with E-state index in [1.54, 1.807) is 0 Å². The predicted octanol–water partition coefficient (Wildman–Crippen LogP) is 2.61. The van der Waals surface area contributed by atoms with Crippen LogP contribution in [-0.2, 0) is 9.84 Å². The normalized spacial score (nSPS) is 11.4. The lowest BCUT2D eigenvalue weighted by atomic mass is 10.1. The van der Waals surface area contributed by atoms with Crippen molar-refractivity contribution in [2.75, 3.05) is 11.5 Å². The van der Waals surface area contributed by atoms with Crippen molar-refractivity contribution in [1.29, 1.82) is 0 Å². The van der Waals surface area contributed by atoms with Crippen LogP contribution in [-0.4, -0.2) is 25.7 Å². The average molecular weight is 272 g/mol. The summed E-state index contributed by atoms with van der Waals surface area (Å²) in [7, 11) is -3.35. The van der Waals surface area contributed by atoms with Crippen molar-refractivity contribution in [2.45, 2.75) is 26.2 Å². The second kappa shape index (κ2) is 6.64. The molecule has 0 bridgehead atoms. The molecule has 0 aliphatic carbocycles. The Labute approximate surface area is 107 Å². The minimum atomic E-state index is -3.35. The molecule has 1 rings (SSSR count). The van der Waals surface area contributed by atoms with Crippen molar-refractivity contribution in [3.05, 3.63) is 35.6 Å². The van der Waals surface area contributed by atoms with E-state index >= 15 is 0 Å². The van der Waals surface area contributed by atoms with Gasteiger partial charge < -0.3 is 0 Å². The fourth-order valence-corrected chi connectivity index (χ4v) is 2.92. The van der Waals surface area contributed by atoms with Crippen LogP contribution in [0.2, 0.25) is 0 Å². The molecule has 0 unspecified atom stereocenters. The van der Waals surface area contributed by atoms with Gasteiger partial charge in [0.2, 0.25) is 0 Å². The van der Waals surface area contributed by atoms with E-state index in [9.17, 15) is 17.6 Å². The number of halogens is 1. The molecule has 0 N–H and O–H groups in total. The third-order valence-electron chi connectivity index (χ3n) is 2.58. The Morgan fingerprint density at radius 1 is 1.17 bits per heavy atom. The standard InChI is InChI=1S/C13H17FO3S/c1-2-3-4-9-18(16,17)10-13(15)11-5-7-12(14)8-6-11/h5-8H,2-4,9-10H2,1H3. The van der Waals surface area contributed by atoms with Crippen molar-refractivity contribution in [2.24, 2.45) is 0 Å². The summed E-state index contributed by atoms with van der Waals surface area (Å²) >= 11 is 0. The molecule has 0 aliphatic rings. The number of hydrogen-bond donors (Lipinski definition) is 0. The van der Waals surface area contributed by atoms with E-state index in [2.05, 4.69) is 0 Å². The molecule has 0 atom stereocenters. The van der Waals surface area contributed by atoms with E-state index in [1.165, 1.54) is 12.1 Å². The Hall–Kier alpha value is -1.23. The van der Waals surface area contributed by atoms with Gasteiger partial charge in [-0.05, 0) is 30.7 Å². The molecular formula is C13H17FO3S. The van der Waals surface area contributed by atoms with E-state index in [1.807, 2.05) is 6.92 Å². The molecule has 5 heteroatoms. The predicted molar refractivity (Wildman–Crippen MR) is 68.9 cm³/mol. The molecule has 0 radical (unpaired) electrons. The third kappa shape index (κ3) is 4.96. The fourth-order valence-electron chi connectivity index (χ4n) is 1.56. The highest BCUT2D eigenvalue weighted by molar-refractivity contribution is 7.92. The number of benzene rings is 1. The van der Waals surface area contributed by atoms with Crippen LogP contribution in [0.25, 0.3) is 0 Å². The maximum absolute atomic E-state index is 12.7. The van der Waals surface area contributed by atoms with Gasteiger partial charge in [-0.15, -0.1) is 0 Å². The van der Waals surface area contributed by atoms with E-state index in [0.29, 0.717) is 6.42 Å². The van der Waals surface area contributed by atoms with Crippen molar-refractivity contribution >= 4 is 15.6 Å². The molecular weight excluding hydrogens is 255 g/mol. The van der Waals surface area contributed by atoms with Crippen molar-refractivity contribution in [3.8, 4) is 0 Å². The topological polar surface area (TPSA) is 51.2 Å². The highest BCUT2D eigenvalue weighted by Gasteiger charge is 2.17. The maximum atomic E-state index is 12.7. The molecule has 1 aromatic rings. The van der Waals surface area contributed by atoms with Crippen LogP contribution >= 0.6 is 0 Å². The average Bonchev–Trinajstić information content (AvgIpc) is 2.29. The van der Waals surface area contributed by atoms with Crippen LogP contribution in [0, 0.1) is 5.82 Å². The number of carbonyl (C=O) groups is 1. The van der Waals surface area contributed by atoms with Gasteiger partial charge in [-0.2, -0.15) is 0 Å². The Morgan fingerprint density at radius 2 is 1.78 bits per heavy atom. The highest BCUT2D eigenvalue weighted by atomic mass is 32.2. The van der Waals surface area contributed by atoms with Crippen LogP contribution in [0.5, 0.6) is 0 Å². The molecule has 0 aliphatic heterocycles. The zero-order valence-electron chi connectivity index (χ0n) is 10.4. The molecule has 0 saturated heterocycles. The van der Waals surface area contributed by atoms with E-state index in [-0.39, 0.29) is 11.3 Å². The van der Waals surface area contributed by atoms with Gasteiger partial charge in [-0.25, -0.2) is 12.8 Å². The van der Waals surface area contributed by atoms with Crippen LogP contribution in [0.3, 0.4) is 0 Å². The summed E-state index contributed by atoms with van der Waals surface area (Å²) in [5, 5.41) is 0. The Morgan fingerprint density at radius 3 is 2.33 bits per heavy atom. The molecule has 100 valence electrons. The first-order valence-corrected chi connectivity index (χ1v) is 7.76. The monoisotopic (exact) mass is 272 g/mol. The zero-order valence-corrected chi connectivity index (χ0v) is 11.2. The molecule has 0 heterocycles. The number of unbranched alkanes of at least 4 members (excludes halogenated alkanes) is 2. The van der Waals surface area contributed by atoms with E-state index in [4.69, 9.17) is 0 Å². The number of rotatable bonds is 7. The molecule has 0 fully saturated rings. The van der Waals surface area contributed by atoms with Gasteiger partial charge in [0.1, 0.15) is 11.6 Å². The molecule has 0 saturated carbocycles. The Balaban J connectivity index is 2.61. The van der Waals surface area contributed by atoms with E-state index in [0.717, 1.165) is 25.0 Å². The van der Waals surface area contributed by atoms with Gasteiger partial charge in [0, 0.05) is 5.56 Å². The minimum absolute atomic E-state index is 0.0355. The van der Waals surface area contributed by atoms with Crippen LogP contribution in [0.15, 0.2) is 24.3 Å². The largest absolute Gasteiger partial charge is 0.293 e. The second-order valence-electron chi connectivity index (χ2n) is 4.23. The summed E-state index contributed by atoms with van der Waals surface area (Å²) < 4.78 is 36.0. The molecule has 3 nitrogen and oxygen atoms in total. The number of carbonyl (C=O) groups excluding carboxylic acids is 1. The van der Waals surface area contributed by atoms with Gasteiger partial charge >= 0.3 is 0 Å². The third-order valence-corrected chi connectivity index (χ3v) is 4.19. The lowest BCUT2D eigenvalue weighted by molar-refractivity contribution is 0.102. The second-order valence-corrected chi connectivity index (χ2v) is 6.41. The number of hydrogen-bond acceptors (Lipinski definition) is 3. The highest BCUT2D eigenvalue weighted by Crippen LogP contribution is 2.07. The SMILES string of the molecule is CCCCCS(=O)(=O)CC(=O)c1ccc(F)cc1. The zero-order chi connectivity index (χ0) is 13.6. The summed E-state index contributed by atoms with van der Waals surface area (Å²) in [6, 6.07) is 4.91. The Bertz CT molecular complexity index is 491. The smallest absolute Gasteiger partial charge is 0.177 e. The molecule has 0 aromatic heterocycles. The quantitative estimate of drug-likeness (QED) is 0.566. The number of sulfone groups is 1. The lowest BCUT2D eigenvalue weighted by Crippen LogP contribution is -2.19. The molecule has 0 amide bonds. The van der Waals surface area contributed by atoms with E-state index < -0.39 is 27.2 Å².